The third kappa shape index (κ3) is 4.63. The topological polar surface area (TPSA) is 53.5 Å². The van der Waals surface area contributed by atoms with Gasteiger partial charge in [0.05, 0.1) is 6.54 Å². The highest BCUT2D eigenvalue weighted by Crippen LogP contribution is 2.20. The molecule has 20 heavy (non-hydrogen) atoms. The Balaban J connectivity index is 1.79. The molecular weight excluding hydrogens is 318 g/mol. The predicted molar refractivity (Wildman–Crippen MR) is 85.8 cm³/mol. The van der Waals surface area contributed by atoms with Gasteiger partial charge in [0.2, 0.25) is 0 Å². The molecule has 0 aliphatic heterocycles. The van der Waals surface area contributed by atoms with Crippen LogP contribution in [0.3, 0.4) is 0 Å². The number of nitrogens with zero attached hydrogens (tertiary/aromatic N) is 1. The van der Waals surface area contributed by atoms with Crippen LogP contribution in [0.2, 0.25) is 0 Å². The van der Waals surface area contributed by atoms with Crippen LogP contribution >= 0.6 is 15.9 Å². The average molecular weight is 338 g/mol. The van der Waals surface area contributed by atoms with Crippen molar-refractivity contribution in [3.8, 4) is 0 Å². The Morgan fingerprint density at radius 2 is 2.30 bits per heavy atom. The van der Waals surface area contributed by atoms with Crippen molar-refractivity contribution in [3.63, 3.8) is 0 Å². The standard InChI is InChI=1S/C15H20BrN3O/c1-11-5-2-3-8-14(11)18-19-15(20)10-17-13-7-4-6-12(16)9-13/h4,6-7,9,11,17H,2-3,5,8,10H2,1H3,(H,19,20)/t11-/m0/s1. The number of hydrazone groups is 1. The maximum atomic E-state index is 11.8. The molecular formula is C15H20BrN3O. The van der Waals surface area contributed by atoms with Crippen LogP contribution in [0.5, 0.6) is 0 Å². The molecule has 0 heterocycles. The van der Waals surface area contributed by atoms with Gasteiger partial charge in [-0.1, -0.05) is 35.3 Å². The molecule has 1 aromatic carbocycles. The second-order valence-corrected chi connectivity index (χ2v) is 6.06. The first kappa shape index (κ1) is 15.0. The normalized spacial score (nSPS) is 20.7. The molecule has 0 unspecified atom stereocenters. The fraction of sp³-hybridized carbons (Fsp3) is 0.467. The zero-order chi connectivity index (χ0) is 14.4. The summed E-state index contributed by atoms with van der Waals surface area (Å²) in [5.41, 5.74) is 4.67. The Kier molecular flexibility index (Phi) is 5.59. The van der Waals surface area contributed by atoms with E-state index in [1.165, 1.54) is 19.3 Å². The van der Waals surface area contributed by atoms with Gasteiger partial charge in [-0.2, -0.15) is 5.10 Å². The molecule has 108 valence electrons. The highest BCUT2D eigenvalue weighted by molar-refractivity contribution is 9.10. The monoisotopic (exact) mass is 337 g/mol. The van der Waals surface area contributed by atoms with Crippen LogP contribution < -0.4 is 10.7 Å². The van der Waals surface area contributed by atoms with Crippen molar-refractivity contribution in [3.05, 3.63) is 28.7 Å². The van der Waals surface area contributed by atoms with E-state index < -0.39 is 0 Å². The molecule has 4 nitrogen and oxygen atoms in total. The maximum Gasteiger partial charge on any atom is 0.259 e. The van der Waals surface area contributed by atoms with Gasteiger partial charge in [-0.15, -0.1) is 0 Å². The molecule has 2 N–H and O–H groups in total. The van der Waals surface area contributed by atoms with E-state index in [-0.39, 0.29) is 12.5 Å². The Bertz CT molecular complexity index is 502. The zero-order valence-corrected chi connectivity index (χ0v) is 13.2. The summed E-state index contributed by atoms with van der Waals surface area (Å²) in [6, 6.07) is 7.73. The second-order valence-electron chi connectivity index (χ2n) is 5.15. The Labute approximate surface area is 128 Å². The summed E-state index contributed by atoms with van der Waals surface area (Å²) in [6.07, 6.45) is 4.61. The minimum Gasteiger partial charge on any atom is -0.376 e. The minimum atomic E-state index is -0.116. The summed E-state index contributed by atoms with van der Waals surface area (Å²) in [6.45, 7) is 2.39. The number of hydrogen-bond acceptors (Lipinski definition) is 3. The average Bonchev–Trinajstić information content (AvgIpc) is 2.44. The molecule has 1 aliphatic carbocycles. The smallest absolute Gasteiger partial charge is 0.259 e. The van der Waals surface area contributed by atoms with Crippen molar-refractivity contribution in [1.82, 2.24) is 5.43 Å². The molecule has 0 bridgehead atoms. The Morgan fingerprint density at radius 3 is 3.05 bits per heavy atom. The number of hydrogen-bond donors (Lipinski definition) is 2. The summed E-state index contributed by atoms with van der Waals surface area (Å²) < 4.78 is 0.985. The van der Waals surface area contributed by atoms with Gasteiger partial charge in [0.15, 0.2) is 0 Å². The van der Waals surface area contributed by atoms with Crippen LogP contribution in [0, 0.1) is 5.92 Å². The van der Waals surface area contributed by atoms with Crippen molar-refractivity contribution in [2.24, 2.45) is 11.0 Å². The van der Waals surface area contributed by atoms with E-state index in [4.69, 9.17) is 0 Å². The van der Waals surface area contributed by atoms with Crippen LogP contribution in [0.15, 0.2) is 33.8 Å². The number of anilines is 1. The molecule has 0 radical (unpaired) electrons. The van der Waals surface area contributed by atoms with E-state index in [2.05, 4.69) is 38.7 Å². The Morgan fingerprint density at radius 1 is 1.45 bits per heavy atom. The lowest BCUT2D eigenvalue weighted by Gasteiger charge is -2.19. The van der Waals surface area contributed by atoms with Crippen molar-refractivity contribution >= 4 is 33.2 Å². The lowest BCUT2D eigenvalue weighted by Crippen LogP contribution is -2.28. The molecule has 5 heteroatoms. The summed E-state index contributed by atoms with van der Waals surface area (Å²) >= 11 is 3.40. The number of halogens is 1. The van der Waals surface area contributed by atoms with E-state index in [1.807, 2.05) is 24.3 Å². The van der Waals surface area contributed by atoms with E-state index in [1.54, 1.807) is 0 Å². The van der Waals surface area contributed by atoms with E-state index in [0.717, 1.165) is 22.3 Å². The van der Waals surface area contributed by atoms with Crippen LogP contribution in [0.4, 0.5) is 5.69 Å². The molecule has 1 aromatic rings. The highest BCUT2D eigenvalue weighted by atomic mass is 79.9. The number of carbonyl (C=O) groups is 1. The largest absolute Gasteiger partial charge is 0.376 e. The van der Waals surface area contributed by atoms with Gasteiger partial charge >= 0.3 is 0 Å². The number of carbonyl (C=O) groups excluding carboxylic acids is 1. The predicted octanol–water partition coefficient (Wildman–Crippen LogP) is 3.54. The number of benzene rings is 1. The van der Waals surface area contributed by atoms with Crippen LogP contribution in [0.25, 0.3) is 0 Å². The lowest BCUT2D eigenvalue weighted by molar-refractivity contribution is -0.119. The molecule has 0 spiro atoms. The fourth-order valence-corrected chi connectivity index (χ4v) is 2.69. The summed E-state index contributed by atoms with van der Waals surface area (Å²) in [5, 5.41) is 7.33. The van der Waals surface area contributed by atoms with Gasteiger partial charge in [-0.05, 0) is 43.4 Å². The molecule has 1 saturated carbocycles. The Hall–Kier alpha value is -1.36. The van der Waals surface area contributed by atoms with Gasteiger partial charge in [0.25, 0.3) is 5.91 Å². The van der Waals surface area contributed by atoms with Gasteiger partial charge in [0.1, 0.15) is 0 Å². The van der Waals surface area contributed by atoms with Crippen molar-refractivity contribution in [2.45, 2.75) is 32.6 Å². The molecule has 0 saturated heterocycles. The summed E-state index contributed by atoms with van der Waals surface area (Å²) in [7, 11) is 0. The van der Waals surface area contributed by atoms with Gasteiger partial charge in [-0.25, -0.2) is 5.43 Å². The first-order valence-corrected chi connectivity index (χ1v) is 7.79. The first-order chi connectivity index (χ1) is 9.65. The molecule has 1 atom stereocenters. The van der Waals surface area contributed by atoms with Gasteiger partial charge < -0.3 is 5.32 Å². The number of amides is 1. The zero-order valence-electron chi connectivity index (χ0n) is 11.7. The molecule has 0 aromatic heterocycles. The second kappa shape index (κ2) is 7.43. The number of rotatable bonds is 4. The molecule has 1 fully saturated rings. The summed E-state index contributed by atoms with van der Waals surface area (Å²) in [4.78, 5) is 11.8. The number of nitrogens with one attached hydrogen (secondary N) is 2. The van der Waals surface area contributed by atoms with E-state index in [0.29, 0.717) is 5.92 Å². The summed E-state index contributed by atoms with van der Waals surface area (Å²) in [5.74, 6) is 0.373. The third-order valence-corrected chi connectivity index (χ3v) is 3.98. The van der Waals surface area contributed by atoms with Gasteiger partial charge in [-0.3, -0.25) is 4.79 Å². The van der Waals surface area contributed by atoms with Crippen molar-refractivity contribution in [2.75, 3.05) is 11.9 Å². The third-order valence-electron chi connectivity index (χ3n) is 3.49. The molecule has 1 amide bonds. The van der Waals surface area contributed by atoms with E-state index in [9.17, 15) is 4.79 Å². The fourth-order valence-electron chi connectivity index (χ4n) is 2.29. The molecule has 1 aliphatic rings. The SMILES string of the molecule is C[C@H]1CCCCC1=NNC(=O)CNc1cccc(Br)c1. The van der Waals surface area contributed by atoms with E-state index >= 15 is 0 Å². The van der Waals surface area contributed by atoms with Crippen LogP contribution in [0.1, 0.15) is 32.6 Å². The van der Waals surface area contributed by atoms with Crippen molar-refractivity contribution in [1.29, 1.82) is 0 Å². The highest BCUT2D eigenvalue weighted by Gasteiger charge is 2.15. The first-order valence-electron chi connectivity index (χ1n) is 7.00. The quantitative estimate of drug-likeness (QED) is 0.825. The molecule has 2 rings (SSSR count). The van der Waals surface area contributed by atoms with Crippen molar-refractivity contribution < 1.29 is 4.79 Å². The minimum absolute atomic E-state index is 0.116. The van der Waals surface area contributed by atoms with Crippen LogP contribution in [-0.2, 0) is 4.79 Å². The maximum absolute atomic E-state index is 11.8. The lowest BCUT2D eigenvalue weighted by atomic mass is 9.89. The van der Waals surface area contributed by atoms with Crippen LogP contribution in [-0.4, -0.2) is 18.2 Å². The van der Waals surface area contributed by atoms with Gasteiger partial charge in [0, 0.05) is 15.9 Å².